The van der Waals surface area contributed by atoms with Gasteiger partial charge < -0.3 is 4.98 Å². The first kappa shape index (κ1) is 8.83. The summed E-state index contributed by atoms with van der Waals surface area (Å²) in [5.74, 6) is 0. The van der Waals surface area contributed by atoms with Gasteiger partial charge in [0.1, 0.15) is 0 Å². The summed E-state index contributed by atoms with van der Waals surface area (Å²) in [4.78, 5) is 20.5. The molecule has 0 amide bonds. The highest BCUT2D eigenvalue weighted by molar-refractivity contribution is 7.71. The number of rotatable bonds is 1. The van der Waals surface area contributed by atoms with Crippen molar-refractivity contribution in [1.82, 2.24) is 15.0 Å². The molecule has 0 saturated heterocycles. The van der Waals surface area contributed by atoms with Gasteiger partial charge in [0.2, 0.25) is 0 Å². The Labute approximate surface area is 84.7 Å². The lowest BCUT2D eigenvalue weighted by Crippen LogP contribution is -2.06. The number of pyridine rings is 1. The van der Waals surface area contributed by atoms with E-state index in [0.29, 0.717) is 16.2 Å². The zero-order valence-corrected chi connectivity index (χ0v) is 7.97. The molecular formula is C9H7N3OS. The van der Waals surface area contributed by atoms with E-state index in [2.05, 4.69) is 15.0 Å². The van der Waals surface area contributed by atoms with E-state index in [1.54, 1.807) is 12.3 Å². The molecule has 0 spiro atoms. The first-order valence-corrected chi connectivity index (χ1v) is 4.41. The Morgan fingerprint density at radius 2 is 2.14 bits per heavy atom. The summed E-state index contributed by atoms with van der Waals surface area (Å²) in [5, 5.41) is 0. The lowest BCUT2D eigenvalue weighted by molar-refractivity contribution is 1.08. The zero-order valence-electron chi connectivity index (χ0n) is 7.15. The van der Waals surface area contributed by atoms with Crippen LogP contribution < -0.4 is 5.56 Å². The van der Waals surface area contributed by atoms with E-state index in [1.165, 1.54) is 6.07 Å². The van der Waals surface area contributed by atoms with E-state index in [-0.39, 0.29) is 5.56 Å². The van der Waals surface area contributed by atoms with E-state index in [4.69, 9.17) is 12.2 Å². The Morgan fingerprint density at radius 1 is 1.29 bits per heavy atom. The monoisotopic (exact) mass is 205 g/mol. The molecule has 0 aliphatic heterocycles. The van der Waals surface area contributed by atoms with Crippen molar-refractivity contribution in [1.29, 1.82) is 0 Å². The molecule has 0 bridgehead atoms. The average molecular weight is 205 g/mol. The molecule has 2 aromatic heterocycles. The normalized spacial score (nSPS) is 10.0. The molecule has 2 heterocycles. The number of nitrogens with zero attached hydrogens (tertiary/aromatic N) is 1. The van der Waals surface area contributed by atoms with Crippen LogP contribution in [0.5, 0.6) is 0 Å². The van der Waals surface area contributed by atoms with Gasteiger partial charge in [0.05, 0.1) is 11.4 Å². The fourth-order valence-corrected chi connectivity index (χ4v) is 1.34. The summed E-state index contributed by atoms with van der Waals surface area (Å²) in [6.45, 7) is 0. The van der Waals surface area contributed by atoms with Crippen LogP contribution in [0, 0.1) is 4.77 Å². The second-order valence-electron chi connectivity index (χ2n) is 2.72. The Hall–Kier alpha value is -1.75. The van der Waals surface area contributed by atoms with Gasteiger partial charge in [-0.2, -0.15) is 0 Å². The van der Waals surface area contributed by atoms with Gasteiger partial charge in [-0.1, -0.05) is 6.07 Å². The van der Waals surface area contributed by atoms with Gasteiger partial charge in [0.15, 0.2) is 4.77 Å². The van der Waals surface area contributed by atoms with Crippen LogP contribution in [-0.2, 0) is 0 Å². The summed E-state index contributed by atoms with van der Waals surface area (Å²) in [6.07, 6.45) is 1.66. The van der Waals surface area contributed by atoms with Gasteiger partial charge in [-0.25, -0.2) is 0 Å². The molecule has 0 aromatic carbocycles. The first-order chi connectivity index (χ1) is 6.75. The van der Waals surface area contributed by atoms with Crippen molar-refractivity contribution in [3.63, 3.8) is 0 Å². The maximum Gasteiger partial charge on any atom is 0.252 e. The Morgan fingerprint density at radius 3 is 2.79 bits per heavy atom. The minimum atomic E-state index is -0.227. The lowest BCUT2D eigenvalue weighted by atomic mass is 10.3. The number of hydrogen-bond acceptors (Lipinski definition) is 3. The van der Waals surface area contributed by atoms with Crippen LogP contribution in [0.3, 0.4) is 0 Å². The van der Waals surface area contributed by atoms with E-state index >= 15 is 0 Å². The number of hydrogen-bond donors (Lipinski definition) is 2. The van der Waals surface area contributed by atoms with Gasteiger partial charge in [0.25, 0.3) is 5.56 Å². The molecule has 0 unspecified atom stereocenters. The third-order valence-corrected chi connectivity index (χ3v) is 1.91. The largest absolute Gasteiger partial charge is 0.330 e. The van der Waals surface area contributed by atoms with Gasteiger partial charge in [-0.3, -0.25) is 14.8 Å². The summed E-state index contributed by atoms with van der Waals surface area (Å²) in [6, 6.07) is 6.89. The maximum absolute atomic E-state index is 11.1. The van der Waals surface area contributed by atoms with Crippen LogP contribution >= 0.6 is 12.2 Å². The van der Waals surface area contributed by atoms with Gasteiger partial charge in [0, 0.05) is 12.3 Å². The lowest BCUT2D eigenvalue weighted by Gasteiger charge is -1.98. The molecule has 0 atom stereocenters. The zero-order chi connectivity index (χ0) is 9.97. The van der Waals surface area contributed by atoms with E-state index in [0.717, 1.165) is 0 Å². The molecule has 70 valence electrons. The van der Waals surface area contributed by atoms with Crippen molar-refractivity contribution in [3.05, 3.63) is 45.6 Å². The standard InChI is InChI=1S/C9H7N3OS/c13-8-5-7(11-9(14)12-8)6-3-1-2-4-10-6/h1-5H,(H2,11,12,13,14). The molecule has 2 N–H and O–H groups in total. The number of nitrogens with one attached hydrogen (secondary N) is 2. The molecule has 2 aromatic rings. The van der Waals surface area contributed by atoms with Crippen molar-refractivity contribution < 1.29 is 0 Å². The third-order valence-electron chi connectivity index (χ3n) is 1.70. The highest BCUT2D eigenvalue weighted by Gasteiger charge is 1.98. The third kappa shape index (κ3) is 1.77. The molecule has 0 fully saturated rings. The van der Waals surface area contributed by atoms with Crippen LogP contribution in [0.25, 0.3) is 11.4 Å². The molecule has 0 aliphatic carbocycles. The predicted octanol–water partition coefficient (Wildman–Crippen LogP) is 1.49. The smallest absolute Gasteiger partial charge is 0.252 e. The second-order valence-corrected chi connectivity index (χ2v) is 3.12. The first-order valence-electron chi connectivity index (χ1n) is 4.01. The van der Waals surface area contributed by atoms with Crippen molar-refractivity contribution in [3.8, 4) is 11.4 Å². The van der Waals surface area contributed by atoms with Crippen LogP contribution in [0.1, 0.15) is 0 Å². The van der Waals surface area contributed by atoms with Crippen molar-refractivity contribution in [2.75, 3.05) is 0 Å². The highest BCUT2D eigenvalue weighted by atomic mass is 32.1. The molecule has 0 aliphatic rings. The maximum atomic E-state index is 11.1. The minimum absolute atomic E-state index is 0.227. The second kappa shape index (κ2) is 3.55. The Balaban J connectivity index is 2.64. The molecule has 14 heavy (non-hydrogen) atoms. The quantitative estimate of drug-likeness (QED) is 0.693. The van der Waals surface area contributed by atoms with Crippen molar-refractivity contribution in [2.24, 2.45) is 0 Å². The van der Waals surface area contributed by atoms with Crippen LogP contribution in [-0.4, -0.2) is 15.0 Å². The number of H-pyrrole nitrogens is 2. The summed E-state index contributed by atoms with van der Waals surface area (Å²) >= 11 is 4.85. The molecule has 2 rings (SSSR count). The van der Waals surface area contributed by atoms with Crippen molar-refractivity contribution >= 4 is 12.2 Å². The van der Waals surface area contributed by atoms with Gasteiger partial charge in [-0.15, -0.1) is 0 Å². The Kier molecular flexibility index (Phi) is 2.24. The fraction of sp³-hybridized carbons (Fsp3) is 0. The molecule has 4 nitrogen and oxygen atoms in total. The molecular weight excluding hydrogens is 198 g/mol. The summed E-state index contributed by atoms with van der Waals surface area (Å²) in [5.41, 5.74) is 1.10. The highest BCUT2D eigenvalue weighted by Crippen LogP contribution is 2.09. The molecule has 5 heteroatoms. The minimum Gasteiger partial charge on any atom is -0.330 e. The van der Waals surface area contributed by atoms with E-state index in [9.17, 15) is 4.79 Å². The van der Waals surface area contributed by atoms with Gasteiger partial charge >= 0.3 is 0 Å². The van der Waals surface area contributed by atoms with Crippen LogP contribution in [0.15, 0.2) is 35.3 Å². The predicted molar refractivity (Wildman–Crippen MR) is 55.5 cm³/mol. The summed E-state index contributed by atoms with van der Waals surface area (Å²) < 4.78 is 0.304. The van der Waals surface area contributed by atoms with Crippen LogP contribution in [0.4, 0.5) is 0 Å². The summed E-state index contributed by atoms with van der Waals surface area (Å²) in [7, 11) is 0. The van der Waals surface area contributed by atoms with E-state index < -0.39 is 0 Å². The van der Waals surface area contributed by atoms with E-state index in [1.807, 2.05) is 12.1 Å². The van der Waals surface area contributed by atoms with Gasteiger partial charge in [-0.05, 0) is 24.4 Å². The molecule has 0 saturated carbocycles. The number of aromatic nitrogens is 3. The Bertz CT molecular complexity index is 515. The number of aromatic amines is 2. The SMILES string of the molecule is O=c1cc(-c2ccccn2)[nH]c(=S)[nH]1. The fourth-order valence-electron chi connectivity index (χ4n) is 1.13. The van der Waals surface area contributed by atoms with Crippen molar-refractivity contribution in [2.45, 2.75) is 0 Å². The molecule has 0 radical (unpaired) electrons. The van der Waals surface area contributed by atoms with Crippen LogP contribution in [0.2, 0.25) is 0 Å². The average Bonchev–Trinajstić information content (AvgIpc) is 2.18. The topological polar surface area (TPSA) is 61.5 Å².